The van der Waals surface area contributed by atoms with E-state index < -0.39 is 0 Å². The van der Waals surface area contributed by atoms with Crippen molar-refractivity contribution in [2.24, 2.45) is 9.98 Å². The van der Waals surface area contributed by atoms with Gasteiger partial charge in [0, 0.05) is 7.11 Å². The van der Waals surface area contributed by atoms with E-state index in [1.807, 2.05) is 6.08 Å². The number of amidine groups is 1. The quantitative estimate of drug-likeness (QED) is 0.616. The predicted octanol–water partition coefficient (Wildman–Crippen LogP) is 0.897. The number of allylic oxidation sites excluding steroid dienone is 2. The zero-order chi connectivity index (χ0) is 10.1. The fraction of sp³-hybridized carbons (Fsp3) is 0.300. The Hall–Kier alpha value is -1.55. The number of aliphatic imine (C=N–C) groups is 2. The minimum absolute atomic E-state index is 0.232. The monoisotopic (exact) mass is 190 g/mol. The van der Waals surface area contributed by atoms with Crippen LogP contribution in [-0.4, -0.2) is 30.7 Å². The van der Waals surface area contributed by atoms with Crippen LogP contribution >= 0.6 is 0 Å². The largest absolute Gasteiger partial charge is 0.371 e. The Balaban J connectivity index is 2.47. The smallest absolute Gasteiger partial charge is 0.280 e. The van der Waals surface area contributed by atoms with Crippen LogP contribution in [-0.2, 0) is 9.53 Å². The first kappa shape index (κ1) is 9.02. The number of amides is 1. The number of hydrogen-bond donors (Lipinski definition) is 0. The van der Waals surface area contributed by atoms with Crippen molar-refractivity contribution < 1.29 is 9.53 Å². The summed E-state index contributed by atoms with van der Waals surface area (Å²) in [7, 11) is 1.59. The molecule has 72 valence electrons. The third kappa shape index (κ3) is 1.33. The SMILES string of the molecule is COC1C=CC=C2C(=O)N=C(C)N=C21. The van der Waals surface area contributed by atoms with Crippen LogP contribution in [0.25, 0.3) is 0 Å². The van der Waals surface area contributed by atoms with Crippen LogP contribution in [0.2, 0.25) is 0 Å². The van der Waals surface area contributed by atoms with Gasteiger partial charge in [-0.1, -0.05) is 6.08 Å². The summed E-state index contributed by atoms with van der Waals surface area (Å²) in [5, 5.41) is 0. The molecule has 0 bridgehead atoms. The van der Waals surface area contributed by atoms with E-state index in [-0.39, 0.29) is 12.0 Å². The van der Waals surface area contributed by atoms with Gasteiger partial charge < -0.3 is 4.74 Å². The van der Waals surface area contributed by atoms with Gasteiger partial charge in [-0.15, -0.1) is 0 Å². The Kier molecular flexibility index (Phi) is 2.13. The molecule has 4 nitrogen and oxygen atoms in total. The lowest BCUT2D eigenvalue weighted by molar-refractivity contribution is -0.114. The molecule has 0 fully saturated rings. The Morgan fingerprint density at radius 3 is 2.93 bits per heavy atom. The van der Waals surface area contributed by atoms with Crippen molar-refractivity contribution in [3.63, 3.8) is 0 Å². The normalized spacial score (nSPS) is 25.1. The minimum Gasteiger partial charge on any atom is -0.371 e. The fourth-order valence-electron chi connectivity index (χ4n) is 1.48. The molecule has 0 saturated heterocycles. The van der Waals surface area contributed by atoms with Crippen molar-refractivity contribution in [3.05, 3.63) is 23.8 Å². The Bertz CT molecular complexity index is 402. The summed E-state index contributed by atoms with van der Waals surface area (Å²) in [5.41, 5.74) is 1.19. The molecule has 1 atom stereocenters. The van der Waals surface area contributed by atoms with Crippen LogP contribution in [0.4, 0.5) is 0 Å². The highest BCUT2D eigenvalue weighted by Gasteiger charge is 2.27. The lowest BCUT2D eigenvalue weighted by Gasteiger charge is -2.20. The standard InChI is InChI=1S/C10H10N2O2/c1-6-11-9-7(10(13)12-6)4-3-5-8(9)14-2/h3-5,8H,1-2H3. The van der Waals surface area contributed by atoms with Crippen LogP contribution in [0.5, 0.6) is 0 Å². The first-order valence-electron chi connectivity index (χ1n) is 4.32. The van der Waals surface area contributed by atoms with Crippen molar-refractivity contribution in [1.82, 2.24) is 0 Å². The Morgan fingerprint density at radius 1 is 1.43 bits per heavy atom. The van der Waals surface area contributed by atoms with Crippen molar-refractivity contribution in [3.8, 4) is 0 Å². The number of rotatable bonds is 1. The number of methoxy groups -OCH3 is 1. The van der Waals surface area contributed by atoms with Crippen molar-refractivity contribution in [2.75, 3.05) is 7.11 Å². The molecule has 0 N–H and O–H groups in total. The van der Waals surface area contributed by atoms with Crippen molar-refractivity contribution >= 4 is 17.5 Å². The number of nitrogens with zero attached hydrogens (tertiary/aromatic N) is 2. The lowest BCUT2D eigenvalue weighted by Crippen LogP contribution is -2.31. The van der Waals surface area contributed by atoms with Gasteiger partial charge in [0.05, 0.1) is 11.3 Å². The molecule has 4 heteroatoms. The molecular formula is C10H10N2O2. The van der Waals surface area contributed by atoms with E-state index in [2.05, 4.69) is 9.98 Å². The fourth-order valence-corrected chi connectivity index (χ4v) is 1.48. The lowest BCUT2D eigenvalue weighted by atomic mass is 9.98. The molecule has 2 aliphatic rings. The van der Waals surface area contributed by atoms with Crippen LogP contribution in [0, 0.1) is 0 Å². The van der Waals surface area contributed by atoms with E-state index in [1.165, 1.54) is 0 Å². The van der Waals surface area contributed by atoms with Gasteiger partial charge in [-0.05, 0) is 19.1 Å². The summed E-state index contributed by atoms with van der Waals surface area (Å²) in [6.07, 6.45) is 5.13. The first-order chi connectivity index (χ1) is 6.72. The average Bonchev–Trinajstić information content (AvgIpc) is 2.17. The van der Waals surface area contributed by atoms with Crippen LogP contribution in [0.15, 0.2) is 33.8 Å². The zero-order valence-corrected chi connectivity index (χ0v) is 8.02. The molecular weight excluding hydrogens is 180 g/mol. The van der Waals surface area contributed by atoms with Gasteiger partial charge in [0.1, 0.15) is 11.9 Å². The van der Waals surface area contributed by atoms with E-state index in [0.717, 1.165) is 0 Å². The average molecular weight is 190 g/mol. The van der Waals surface area contributed by atoms with E-state index >= 15 is 0 Å². The molecule has 1 amide bonds. The Labute approximate surface area is 81.7 Å². The molecule has 0 radical (unpaired) electrons. The molecule has 1 heterocycles. The second kappa shape index (κ2) is 3.31. The highest BCUT2D eigenvalue weighted by atomic mass is 16.5. The van der Waals surface area contributed by atoms with Gasteiger partial charge in [0.25, 0.3) is 5.91 Å². The predicted molar refractivity (Wildman–Crippen MR) is 53.6 cm³/mol. The molecule has 14 heavy (non-hydrogen) atoms. The molecule has 1 aliphatic heterocycles. The number of carbonyl (C=O) groups is 1. The van der Waals surface area contributed by atoms with Gasteiger partial charge in [-0.2, -0.15) is 4.99 Å². The van der Waals surface area contributed by atoms with Gasteiger partial charge >= 0.3 is 0 Å². The summed E-state index contributed by atoms with van der Waals surface area (Å²) < 4.78 is 5.19. The number of fused-ring (bicyclic) bond motifs is 1. The van der Waals surface area contributed by atoms with E-state index in [1.54, 1.807) is 26.2 Å². The van der Waals surface area contributed by atoms with Crippen LogP contribution in [0.1, 0.15) is 6.92 Å². The van der Waals surface area contributed by atoms with E-state index in [0.29, 0.717) is 17.1 Å². The van der Waals surface area contributed by atoms with E-state index in [4.69, 9.17) is 4.74 Å². The second-order valence-electron chi connectivity index (χ2n) is 3.08. The molecule has 2 rings (SSSR count). The van der Waals surface area contributed by atoms with Crippen LogP contribution < -0.4 is 0 Å². The summed E-state index contributed by atoms with van der Waals surface area (Å²) in [5.74, 6) is 0.249. The number of carbonyl (C=O) groups excluding carboxylic acids is 1. The van der Waals surface area contributed by atoms with Gasteiger partial charge in [0.2, 0.25) is 0 Å². The maximum absolute atomic E-state index is 11.5. The second-order valence-corrected chi connectivity index (χ2v) is 3.08. The summed E-state index contributed by atoms with van der Waals surface area (Å²) in [4.78, 5) is 19.5. The summed E-state index contributed by atoms with van der Waals surface area (Å²) in [6.45, 7) is 1.70. The maximum atomic E-state index is 11.5. The molecule has 0 aromatic heterocycles. The highest BCUT2D eigenvalue weighted by Crippen LogP contribution is 2.17. The summed E-state index contributed by atoms with van der Waals surface area (Å²) in [6, 6.07) is 0. The number of hydrogen-bond acceptors (Lipinski definition) is 3. The minimum atomic E-state index is -0.237. The molecule has 1 aliphatic carbocycles. The topological polar surface area (TPSA) is 51.0 Å². The molecule has 1 unspecified atom stereocenters. The summed E-state index contributed by atoms with van der Waals surface area (Å²) >= 11 is 0. The third-order valence-corrected chi connectivity index (χ3v) is 2.12. The van der Waals surface area contributed by atoms with Crippen molar-refractivity contribution in [1.29, 1.82) is 0 Å². The van der Waals surface area contributed by atoms with Crippen molar-refractivity contribution in [2.45, 2.75) is 13.0 Å². The first-order valence-corrected chi connectivity index (χ1v) is 4.32. The molecule has 0 saturated carbocycles. The van der Waals surface area contributed by atoms with Gasteiger partial charge in [-0.25, -0.2) is 4.99 Å². The Morgan fingerprint density at radius 2 is 2.21 bits per heavy atom. The number of ether oxygens (including phenoxy) is 1. The molecule has 0 aromatic carbocycles. The maximum Gasteiger partial charge on any atom is 0.280 e. The molecule has 0 spiro atoms. The van der Waals surface area contributed by atoms with Crippen LogP contribution in [0.3, 0.4) is 0 Å². The third-order valence-electron chi connectivity index (χ3n) is 2.12. The van der Waals surface area contributed by atoms with Gasteiger partial charge in [-0.3, -0.25) is 4.79 Å². The van der Waals surface area contributed by atoms with E-state index in [9.17, 15) is 4.79 Å². The highest BCUT2D eigenvalue weighted by molar-refractivity contribution is 6.31. The zero-order valence-electron chi connectivity index (χ0n) is 8.02. The van der Waals surface area contributed by atoms with Gasteiger partial charge in [0.15, 0.2) is 0 Å². The molecule has 0 aromatic rings.